The number of amides is 2. The lowest BCUT2D eigenvalue weighted by molar-refractivity contribution is -0.130. The number of rotatable bonds is 26. The number of methoxy groups -OCH3 is 1. The van der Waals surface area contributed by atoms with Gasteiger partial charge in [0.05, 0.1) is 112 Å². The summed E-state index contributed by atoms with van der Waals surface area (Å²) in [5, 5.41) is 60.4. The number of phenols is 1. The molecular weight excluding hydrogens is 2060 g/mol. The number of hydrogen-bond acceptors (Lipinski definition) is 21. The van der Waals surface area contributed by atoms with Gasteiger partial charge in [-0.25, -0.2) is 44.7 Å². The van der Waals surface area contributed by atoms with E-state index in [1.807, 2.05) is 81.1 Å². The molecule has 2 saturated heterocycles. The normalized spacial score (nSPS) is 14.7. The van der Waals surface area contributed by atoms with Gasteiger partial charge in [-0.3, -0.25) is 14.4 Å². The number of aromatic hydroxyl groups is 1. The molecule has 4 atom stereocenters. The molecule has 732 valence electrons. The fraction of sp³-hybridized carbons (Fsp3) is 0.360. The number of halogens is 12. The molecule has 9 aromatic carbocycles. The number of ether oxygens (including phenoxy) is 7. The van der Waals surface area contributed by atoms with Crippen molar-refractivity contribution >= 4 is 99.6 Å². The third kappa shape index (κ3) is 32.0. The highest BCUT2D eigenvalue weighted by atomic mass is 79.9. The number of alkyl halides is 8. The fourth-order valence-corrected chi connectivity index (χ4v) is 16.3. The number of carboxylic acids is 1. The molecule has 2 fully saturated rings. The monoisotopic (exact) mass is 2160 g/mol. The molecule has 10 aromatic rings. The highest BCUT2D eigenvalue weighted by molar-refractivity contribution is 9.11. The lowest BCUT2D eigenvalue weighted by atomic mass is 10.0. The molecule has 0 bridgehead atoms. The first-order valence-corrected chi connectivity index (χ1v) is 46.3. The average molecular weight is 2160 g/mol. The summed E-state index contributed by atoms with van der Waals surface area (Å²) < 4.78 is 148. The number of nitrogens with zero attached hydrogens (tertiary/aromatic N) is 7. The number of carbonyl (C=O) groups is 5. The van der Waals surface area contributed by atoms with E-state index in [1.165, 1.54) is 61.2 Å². The lowest BCUT2D eigenvalue weighted by Gasteiger charge is -2.24. The summed E-state index contributed by atoms with van der Waals surface area (Å²) in [6.45, 7) is 24.9. The van der Waals surface area contributed by atoms with Gasteiger partial charge in [-0.1, -0.05) is 117 Å². The first-order valence-electron chi connectivity index (χ1n) is 43.2. The van der Waals surface area contributed by atoms with Gasteiger partial charge in [0.2, 0.25) is 17.6 Å². The minimum absolute atomic E-state index is 0.0192. The number of carboxylic acid groups (broad SMARTS) is 1. The summed E-state index contributed by atoms with van der Waals surface area (Å²) in [4.78, 5) is 65.2. The Bertz CT molecular complexity index is 5900. The van der Waals surface area contributed by atoms with Crippen LogP contribution in [0.25, 0.3) is 22.8 Å². The lowest BCUT2D eigenvalue weighted by Crippen LogP contribution is -2.30. The van der Waals surface area contributed by atoms with Crippen molar-refractivity contribution < 1.29 is 117 Å². The Morgan fingerprint density at radius 1 is 0.533 bits per heavy atom. The summed E-state index contributed by atoms with van der Waals surface area (Å²) >= 11 is 12.9. The molecule has 1 aromatic heterocycles. The second kappa shape index (κ2) is 53.5. The molecule has 0 radical (unpaired) electrons. The molecule has 2 amide bonds. The number of nitrogens with two attached hydrogens (primary N) is 1. The predicted octanol–water partition coefficient (Wildman–Crippen LogP) is 24.9. The molecule has 37 heteroatoms. The van der Waals surface area contributed by atoms with Gasteiger partial charge < -0.3 is 73.7 Å². The third-order valence-corrected chi connectivity index (χ3v) is 22.2. The smallest absolute Gasteiger partial charge is 0.337 e. The van der Waals surface area contributed by atoms with Crippen LogP contribution in [0.5, 0.6) is 40.2 Å². The molecule has 2 aliphatic heterocycles. The van der Waals surface area contributed by atoms with Crippen molar-refractivity contribution in [3.05, 3.63) is 260 Å². The Kier molecular flexibility index (Phi) is 43.7. The summed E-state index contributed by atoms with van der Waals surface area (Å²) in [6.07, 6.45) is -6.96. The van der Waals surface area contributed by atoms with E-state index in [2.05, 4.69) is 103 Å². The summed E-state index contributed by atoms with van der Waals surface area (Å²) in [6, 6.07) is 47.5. The number of carbonyl (C=O) groups excluding carboxylic acids is 4. The number of fused-ring (bicyclic) bond motifs is 6. The van der Waals surface area contributed by atoms with Crippen LogP contribution >= 0.6 is 63.7 Å². The fourth-order valence-electron chi connectivity index (χ4n) is 14.8. The van der Waals surface area contributed by atoms with Crippen LogP contribution in [0.15, 0.2) is 191 Å². The molecule has 0 saturated carbocycles. The van der Waals surface area contributed by atoms with Crippen molar-refractivity contribution in [1.82, 2.24) is 19.9 Å². The Hall–Kier alpha value is -12.2. The zero-order chi connectivity index (χ0) is 102. The number of phenolic OH excluding ortho intramolecular Hbond substituents is 1. The second-order valence-electron chi connectivity index (χ2n) is 32.5. The van der Waals surface area contributed by atoms with Crippen LogP contribution < -0.4 is 34.2 Å². The van der Waals surface area contributed by atoms with Crippen molar-refractivity contribution in [2.45, 2.75) is 197 Å². The van der Waals surface area contributed by atoms with Crippen LogP contribution in [0, 0.1) is 34.5 Å². The van der Waals surface area contributed by atoms with Crippen molar-refractivity contribution in [2.75, 3.05) is 26.8 Å². The van der Waals surface area contributed by atoms with Crippen LogP contribution in [0.2, 0.25) is 0 Å². The highest BCUT2D eigenvalue weighted by Gasteiger charge is 2.48. The number of benzene rings is 9. The molecular formula is C100H106Br4F8N8O17. The van der Waals surface area contributed by atoms with Gasteiger partial charge in [0.15, 0.2) is 12.1 Å². The summed E-state index contributed by atoms with van der Waals surface area (Å²) in [5.74, 6) is 1.33. The molecule has 14 rings (SSSR count). The van der Waals surface area contributed by atoms with Crippen molar-refractivity contribution in [3.8, 4) is 75.2 Å². The van der Waals surface area contributed by atoms with Crippen LogP contribution in [-0.2, 0) is 27.2 Å². The molecule has 4 unspecified atom stereocenters. The molecule has 137 heavy (non-hydrogen) atoms. The maximum atomic E-state index is 13.6. The average Bonchev–Trinajstić information content (AvgIpc) is 1.60. The zero-order valence-electron chi connectivity index (χ0n) is 77.2. The number of aromatic carboxylic acids is 1. The van der Waals surface area contributed by atoms with Gasteiger partial charge in [0.1, 0.15) is 52.4 Å². The Morgan fingerprint density at radius 2 is 0.942 bits per heavy atom. The minimum Gasteiger partial charge on any atom is -0.507 e. The number of hydrogen-bond donors (Lipinski definition) is 5. The van der Waals surface area contributed by atoms with Gasteiger partial charge >= 0.3 is 11.9 Å². The highest BCUT2D eigenvalue weighted by Crippen LogP contribution is 2.51. The SMILES string of the molecule is CC(C)Oc1ccc(-c2nc(-c3cccc4c3CC3CC(=O)N(CCO)C43)no2)cc1C(F)F.CC(C)Oc1ccc(Br)cc1C#N.CC(C)Oc1ccc(Br)cc1C(F)F.CC(C)Oc1ccc(Br)cc1C=O.CC(C)Oc1ccc(C(=O)O)cc1C(F)F.CCCN1C(=O)CC2Cc3c(/C(N)=N/O)cccc3C21.COC(=O)c1ccc(OC(C)C)c(C(F)F)c1.N#Cc1cc(Br)ccc1O. The summed E-state index contributed by atoms with van der Waals surface area (Å²) in [7, 11) is 1.20. The van der Waals surface area contributed by atoms with E-state index in [0.29, 0.717) is 70.2 Å². The third-order valence-electron chi connectivity index (χ3n) is 20.2. The first kappa shape index (κ1) is 112. The quantitative estimate of drug-likeness (QED) is 0.00639. The van der Waals surface area contributed by atoms with Crippen LogP contribution in [0.4, 0.5) is 35.1 Å². The maximum Gasteiger partial charge on any atom is 0.337 e. The number of oxime groups is 1. The van der Waals surface area contributed by atoms with Gasteiger partial charge in [0, 0.05) is 60.5 Å². The molecule has 6 N–H and O–H groups in total. The van der Waals surface area contributed by atoms with Crippen molar-refractivity contribution in [3.63, 3.8) is 0 Å². The number of aliphatic hydroxyl groups is 1. The van der Waals surface area contributed by atoms with Crippen molar-refractivity contribution in [1.29, 1.82) is 10.5 Å². The number of likely N-dealkylation sites (tertiary alicyclic amines) is 2. The molecule has 2 aliphatic carbocycles. The number of aliphatic hydroxyl groups excluding tert-OH is 1. The van der Waals surface area contributed by atoms with E-state index in [-0.39, 0.29) is 147 Å². The maximum absolute atomic E-state index is 13.6. The Labute approximate surface area is 822 Å². The van der Waals surface area contributed by atoms with E-state index < -0.39 is 43.2 Å². The van der Waals surface area contributed by atoms with Gasteiger partial charge in [-0.05, 0) is 264 Å². The largest absolute Gasteiger partial charge is 0.507 e. The Morgan fingerprint density at radius 3 is 1.41 bits per heavy atom. The zero-order valence-corrected chi connectivity index (χ0v) is 83.6. The van der Waals surface area contributed by atoms with E-state index >= 15 is 0 Å². The predicted molar refractivity (Wildman–Crippen MR) is 513 cm³/mol. The molecule has 3 heterocycles. The minimum atomic E-state index is -2.76. The molecule has 4 aliphatic rings. The van der Waals surface area contributed by atoms with Crippen LogP contribution in [0.1, 0.15) is 239 Å². The summed E-state index contributed by atoms with van der Waals surface area (Å²) in [5.41, 5.74) is 12.4. The van der Waals surface area contributed by atoms with Gasteiger partial charge in [-0.2, -0.15) is 15.5 Å². The van der Waals surface area contributed by atoms with Crippen LogP contribution in [-0.4, -0.2) is 140 Å². The van der Waals surface area contributed by atoms with E-state index in [1.54, 1.807) is 115 Å². The van der Waals surface area contributed by atoms with Gasteiger partial charge in [0.25, 0.3) is 31.6 Å². The molecule has 25 nitrogen and oxygen atoms in total. The van der Waals surface area contributed by atoms with Crippen molar-refractivity contribution in [2.24, 2.45) is 22.7 Å². The standard InChI is InChI=1S/C25H25F2N3O4.C15H19N3O2.C12H14F2O3.C11H12F2O3.C10H11BrF2O.C10H10BrNO.C10H11BrO2.C7H4BrNO/c1-13(2)33-20-7-6-14(10-19(20)23(26)27)25-28-24(29-34-25)17-5-3-4-16-18(17)11-15-12-21(32)30(8-9-31)22(15)16;1-2-6-18-13(19)8-9-7-12-10(14(9)18)4-3-5-11(12)15(16)17-20;1-7(2)17-10-5-4-8(12(15)16-3)6-9(10)11(13)14;1-6(2)16-9-4-3-7(11(14)15)5-8(9)10(12)13;1-6(2)14-9-4-3-7(11)5-8(9)10(12)13;2*1-7(2)13-10-4-3-9(11)5-8(10)6-12;8-6-1-2-7(10)5(3-6)4-9/h3-7,10,13,15,22-23,31H,8-9,11-12H2,1-2H3;3-5,9,14,20H,2,6-8H2,1H3,(H2,16,17);4-7,11H,1-3H3;3-6,10H,1-2H3,(H,14,15);3-6,10H,1-2H3;3-5,7H,1-2H3;3-7H,1-2H3;1-3,10H. The topological polar surface area (TPSA) is 362 Å². The second-order valence-corrected chi connectivity index (χ2v) is 36.2. The van der Waals surface area contributed by atoms with E-state index in [9.17, 15) is 64.2 Å². The molecule has 0 spiro atoms. The van der Waals surface area contributed by atoms with Crippen LogP contribution in [0.3, 0.4) is 0 Å². The van der Waals surface area contributed by atoms with E-state index in [0.717, 1.165) is 79.0 Å². The first-order chi connectivity index (χ1) is 64.9. The van der Waals surface area contributed by atoms with Gasteiger partial charge in [-0.15, -0.1) is 0 Å². The Balaban J connectivity index is 0.000000220. The number of amidine groups is 1. The number of β-amino-alcohol motifs (C(OH)–C–C–N with tert-alkyl or cyclic N) is 1. The number of aromatic nitrogens is 2. The number of aldehydes is 1. The van der Waals surface area contributed by atoms with E-state index in [4.69, 9.17) is 64.6 Å². The number of esters is 1. The number of nitriles is 2.